The fourth-order valence-electron chi connectivity index (χ4n) is 2.21. The van der Waals surface area contributed by atoms with Crippen molar-refractivity contribution in [2.45, 2.75) is 52.3 Å². The Hall–Kier alpha value is -1.67. The maximum absolute atomic E-state index is 12.4. The topological polar surface area (TPSA) is 69.0 Å². The van der Waals surface area contributed by atoms with Crippen molar-refractivity contribution in [1.29, 1.82) is 0 Å². The molecule has 2 radical (unpaired) electrons. The van der Waals surface area contributed by atoms with Gasteiger partial charge in [0.15, 0.2) is 5.65 Å². The first-order chi connectivity index (χ1) is 11.2. The Morgan fingerprint density at radius 3 is 2.75 bits per heavy atom. The van der Waals surface area contributed by atoms with E-state index < -0.39 is 8.07 Å². The Balaban J connectivity index is 2.22. The largest absolute Gasteiger partial charge is 0.361 e. The van der Waals surface area contributed by atoms with Crippen LogP contribution in [0.3, 0.4) is 0 Å². The summed E-state index contributed by atoms with van der Waals surface area (Å²) in [5, 5.41) is 2.88. The second kappa shape index (κ2) is 7.48. The number of carbonyl (C=O) groups is 1. The van der Waals surface area contributed by atoms with Crippen LogP contribution in [0.25, 0.3) is 11.2 Å². The number of fused-ring (bicyclic) bond motifs is 1. The van der Waals surface area contributed by atoms with Crippen molar-refractivity contribution in [2.75, 3.05) is 6.61 Å². The minimum atomic E-state index is -1.13. The zero-order valence-corrected chi connectivity index (χ0v) is 16.1. The average Bonchev–Trinajstić information content (AvgIpc) is 2.80. The molecule has 24 heavy (non-hydrogen) atoms. The van der Waals surface area contributed by atoms with Crippen molar-refractivity contribution in [3.8, 4) is 0 Å². The molecule has 8 heteroatoms. The monoisotopic (exact) mass is 344 g/mol. The fourth-order valence-corrected chi connectivity index (χ4v) is 2.97. The predicted molar refractivity (Wildman–Crippen MR) is 99.6 cm³/mol. The molecule has 6 nitrogen and oxygen atoms in total. The first kappa shape index (κ1) is 18.7. The fraction of sp³-hybridized carbons (Fsp3) is 0.562. The van der Waals surface area contributed by atoms with Gasteiger partial charge in [-0.2, -0.15) is 0 Å². The lowest BCUT2D eigenvalue weighted by Crippen LogP contribution is -2.30. The first-order valence-corrected chi connectivity index (χ1v) is 11.9. The quantitative estimate of drug-likeness (QED) is 0.613. The van der Waals surface area contributed by atoms with E-state index in [-0.39, 0.29) is 11.9 Å². The molecule has 0 aliphatic carbocycles. The normalized spacial score (nSPS) is 12.1. The number of rotatable bonds is 7. The summed E-state index contributed by atoms with van der Waals surface area (Å²) in [6.07, 6.45) is 3.22. The Morgan fingerprint density at radius 1 is 1.42 bits per heavy atom. The summed E-state index contributed by atoms with van der Waals surface area (Å²) < 4.78 is 7.58. The number of ether oxygens (including phenoxy) is 1. The van der Waals surface area contributed by atoms with Gasteiger partial charge in [-0.15, -0.1) is 0 Å². The van der Waals surface area contributed by atoms with E-state index in [1.807, 2.05) is 13.8 Å². The SMILES string of the molecule is [B]c1cnc2c(n1)c(C(=O)NC(C)C)cn2COCC[Si](C)(C)C. The second-order valence-electron chi connectivity index (χ2n) is 7.46. The van der Waals surface area contributed by atoms with Gasteiger partial charge in [-0.25, -0.2) is 4.98 Å². The predicted octanol–water partition coefficient (Wildman–Crippen LogP) is 1.68. The molecule has 0 unspecified atom stereocenters. The molecule has 128 valence electrons. The lowest BCUT2D eigenvalue weighted by Gasteiger charge is -2.15. The van der Waals surface area contributed by atoms with E-state index in [1.165, 1.54) is 6.20 Å². The van der Waals surface area contributed by atoms with Crippen LogP contribution in [0, 0.1) is 0 Å². The van der Waals surface area contributed by atoms with Gasteiger partial charge in [0.05, 0.1) is 5.56 Å². The van der Waals surface area contributed by atoms with Gasteiger partial charge in [-0.05, 0) is 19.9 Å². The van der Waals surface area contributed by atoms with Gasteiger partial charge in [0.25, 0.3) is 5.91 Å². The summed E-state index contributed by atoms with van der Waals surface area (Å²) in [5.41, 5.74) is 1.86. The van der Waals surface area contributed by atoms with Gasteiger partial charge < -0.3 is 14.6 Å². The molecule has 1 amide bonds. The molecule has 0 fully saturated rings. The Labute approximate surface area is 145 Å². The highest BCUT2D eigenvalue weighted by Crippen LogP contribution is 2.17. The van der Waals surface area contributed by atoms with E-state index in [2.05, 4.69) is 34.9 Å². The van der Waals surface area contributed by atoms with Gasteiger partial charge in [0.2, 0.25) is 0 Å². The van der Waals surface area contributed by atoms with Crippen LogP contribution >= 0.6 is 0 Å². The van der Waals surface area contributed by atoms with Crippen LogP contribution in [-0.4, -0.2) is 49.0 Å². The van der Waals surface area contributed by atoms with Gasteiger partial charge in [0.1, 0.15) is 20.1 Å². The Bertz CT molecular complexity index is 725. The van der Waals surface area contributed by atoms with Crippen molar-refractivity contribution >= 4 is 38.6 Å². The lowest BCUT2D eigenvalue weighted by molar-refractivity contribution is 0.0890. The smallest absolute Gasteiger partial charge is 0.255 e. The standard InChI is InChI=1S/C16H25BN4O2Si/c1-11(2)19-16(22)12-9-21(10-23-6-7-24(3,4)5)15-14(12)20-13(17)8-18-15/h8-9,11H,6-7,10H2,1-5H3,(H,19,22). The average molecular weight is 344 g/mol. The van der Waals surface area contributed by atoms with E-state index in [9.17, 15) is 4.79 Å². The molecule has 0 aliphatic rings. The number of nitrogens with zero attached hydrogens (tertiary/aromatic N) is 3. The molecule has 0 aliphatic heterocycles. The third-order valence-electron chi connectivity index (χ3n) is 3.48. The van der Waals surface area contributed by atoms with Gasteiger partial charge >= 0.3 is 0 Å². The third kappa shape index (κ3) is 4.91. The van der Waals surface area contributed by atoms with Crippen molar-refractivity contribution in [3.63, 3.8) is 0 Å². The number of hydrogen-bond acceptors (Lipinski definition) is 4. The molecule has 2 aromatic rings. The van der Waals surface area contributed by atoms with Crippen LogP contribution in [0.1, 0.15) is 24.2 Å². The number of hydrogen-bond donors (Lipinski definition) is 1. The minimum absolute atomic E-state index is 0.0397. The van der Waals surface area contributed by atoms with Crippen LogP contribution in [0.2, 0.25) is 25.7 Å². The highest BCUT2D eigenvalue weighted by molar-refractivity contribution is 6.76. The summed E-state index contributed by atoms with van der Waals surface area (Å²) in [5.74, 6) is -0.184. The minimum Gasteiger partial charge on any atom is -0.361 e. The molecular weight excluding hydrogens is 319 g/mol. The Kier molecular flexibility index (Phi) is 5.82. The molecular formula is C16H25BN4O2Si. The summed E-state index contributed by atoms with van der Waals surface area (Å²) in [6.45, 7) is 11.8. The molecule has 0 atom stereocenters. The number of carbonyl (C=O) groups excluding carboxylic acids is 1. The second-order valence-corrected chi connectivity index (χ2v) is 13.1. The third-order valence-corrected chi connectivity index (χ3v) is 5.18. The maximum atomic E-state index is 12.4. The molecule has 0 saturated heterocycles. The van der Waals surface area contributed by atoms with Gasteiger partial charge in [0, 0.05) is 38.7 Å². The van der Waals surface area contributed by atoms with E-state index >= 15 is 0 Å². The van der Waals surface area contributed by atoms with Crippen LogP contribution in [0.4, 0.5) is 0 Å². The molecule has 0 bridgehead atoms. The molecule has 1 N–H and O–H groups in total. The zero-order valence-electron chi connectivity index (χ0n) is 15.1. The number of aromatic nitrogens is 3. The molecule has 2 heterocycles. The van der Waals surface area contributed by atoms with Crippen molar-refractivity contribution in [1.82, 2.24) is 19.9 Å². The van der Waals surface area contributed by atoms with E-state index in [1.54, 1.807) is 10.8 Å². The maximum Gasteiger partial charge on any atom is 0.255 e. The van der Waals surface area contributed by atoms with Crippen molar-refractivity contribution < 1.29 is 9.53 Å². The zero-order chi connectivity index (χ0) is 17.9. The number of nitrogens with one attached hydrogen (secondary N) is 1. The molecule has 0 spiro atoms. The first-order valence-electron chi connectivity index (χ1n) is 8.17. The highest BCUT2D eigenvalue weighted by atomic mass is 28.3. The summed E-state index contributed by atoms with van der Waals surface area (Å²) in [4.78, 5) is 21.0. The van der Waals surface area contributed by atoms with Crippen molar-refractivity contribution in [2.24, 2.45) is 0 Å². The van der Waals surface area contributed by atoms with Gasteiger partial charge in [-0.1, -0.05) is 19.6 Å². The van der Waals surface area contributed by atoms with Gasteiger partial charge in [-0.3, -0.25) is 9.78 Å². The highest BCUT2D eigenvalue weighted by Gasteiger charge is 2.18. The van der Waals surface area contributed by atoms with Crippen LogP contribution in [0.15, 0.2) is 12.4 Å². The molecule has 0 saturated carbocycles. The van der Waals surface area contributed by atoms with Crippen LogP contribution in [-0.2, 0) is 11.5 Å². The molecule has 2 aromatic heterocycles. The molecule has 2 rings (SSSR count). The number of amides is 1. The summed E-state index contributed by atoms with van der Waals surface area (Å²) in [7, 11) is 4.60. The van der Waals surface area contributed by atoms with E-state index in [0.717, 1.165) is 6.04 Å². The van der Waals surface area contributed by atoms with Crippen LogP contribution < -0.4 is 10.9 Å². The summed E-state index contributed by atoms with van der Waals surface area (Å²) in [6, 6.07) is 1.13. The van der Waals surface area contributed by atoms with Crippen molar-refractivity contribution in [3.05, 3.63) is 18.0 Å². The van der Waals surface area contributed by atoms with E-state index in [0.29, 0.717) is 35.7 Å². The Morgan fingerprint density at radius 2 is 2.12 bits per heavy atom. The van der Waals surface area contributed by atoms with Crippen LogP contribution in [0.5, 0.6) is 0 Å². The van der Waals surface area contributed by atoms with E-state index in [4.69, 9.17) is 12.6 Å². The lowest BCUT2D eigenvalue weighted by atomic mass is 10.1. The summed E-state index contributed by atoms with van der Waals surface area (Å²) >= 11 is 0. The molecule has 0 aromatic carbocycles.